The molecule has 0 aliphatic rings. The van der Waals surface area contributed by atoms with Crippen LogP contribution in [0.1, 0.15) is 32.2 Å². The molecule has 5 nitrogen and oxygen atoms in total. The molecule has 2 aromatic heterocycles. The van der Waals surface area contributed by atoms with E-state index in [-0.39, 0.29) is 5.41 Å². The van der Waals surface area contributed by atoms with Crippen LogP contribution < -0.4 is 5.32 Å². The number of nitrogens with one attached hydrogen (secondary N) is 2. The summed E-state index contributed by atoms with van der Waals surface area (Å²) in [6.45, 7) is 6.82. The molecule has 0 atom stereocenters. The molecule has 0 unspecified atom stereocenters. The quantitative estimate of drug-likeness (QED) is 0.833. The molecule has 0 fully saturated rings. The minimum Gasteiger partial charge on any atom is -0.367 e. The first kappa shape index (κ1) is 10.7. The number of hydrogen-bond acceptors (Lipinski definition) is 4. The fourth-order valence-corrected chi connectivity index (χ4v) is 1.25. The predicted octanol–water partition coefficient (Wildman–Crippen LogP) is 2.31. The zero-order chi connectivity index (χ0) is 11.6. The van der Waals surface area contributed by atoms with Crippen molar-refractivity contribution in [3.63, 3.8) is 0 Å². The van der Waals surface area contributed by atoms with Gasteiger partial charge in [0, 0.05) is 24.4 Å². The molecule has 0 spiro atoms. The Morgan fingerprint density at radius 1 is 1.44 bits per heavy atom. The Labute approximate surface area is 94.3 Å². The van der Waals surface area contributed by atoms with Gasteiger partial charge in [-0.2, -0.15) is 4.98 Å². The van der Waals surface area contributed by atoms with Gasteiger partial charge in [0.05, 0.1) is 0 Å². The van der Waals surface area contributed by atoms with Gasteiger partial charge in [0.1, 0.15) is 0 Å². The number of anilines is 1. The summed E-state index contributed by atoms with van der Waals surface area (Å²) in [5, 5.41) is 7.01. The lowest BCUT2D eigenvalue weighted by Crippen LogP contribution is -2.13. The smallest absolute Gasteiger partial charge is 0.321 e. The van der Waals surface area contributed by atoms with Gasteiger partial charge < -0.3 is 14.8 Å². The summed E-state index contributed by atoms with van der Waals surface area (Å²) in [4.78, 5) is 7.27. The molecular formula is C11H16N4O. The van der Waals surface area contributed by atoms with Crippen molar-refractivity contribution < 1.29 is 4.52 Å². The Morgan fingerprint density at radius 2 is 2.25 bits per heavy atom. The zero-order valence-corrected chi connectivity index (χ0v) is 9.74. The fraction of sp³-hybridized carbons (Fsp3) is 0.455. The van der Waals surface area contributed by atoms with Crippen LogP contribution in [-0.2, 0) is 12.0 Å². The zero-order valence-electron chi connectivity index (χ0n) is 9.74. The molecule has 0 aliphatic heterocycles. The van der Waals surface area contributed by atoms with Crippen LogP contribution in [-0.4, -0.2) is 15.1 Å². The summed E-state index contributed by atoms with van der Waals surface area (Å²) in [5.41, 5.74) is 1.06. The van der Waals surface area contributed by atoms with E-state index in [9.17, 15) is 0 Å². The van der Waals surface area contributed by atoms with E-state index in [1.54, 1.807) is 0 Å². The van der Waals surface area contributed by atoms with Crippen LogP contribution in [0.5, 0.6) is 0 Å². The van der Waals surface area contributed by atoms with Gasteiger partial charge in [-0.15, -0.1) is 0 Å². The largest absolute Gasteiger partial charge is 0.367 e. The topological polar surface area (TPSA) is 66.7 Å². The van der Waals surface area contributed by atoms with Crippen LogP contribution in [0.15, 0.2) is 23.0 Å². The number of hydrogen-bond donors (Lipinski definition) is 2. The van der Waals surface area contributed by atoms with E-state index in [1.165, 1.54) is 0 Å². The van der Waals surface area contributed by atoms with E-state index in [4.69, 9.17) is 4.52 Å². The summed E-state index contributed by atoms with van der Waals surface area (Å²) in [7, 11) is 0. The fourth-order valence-electron chi connectivity index (χ4n) is 1.25. The van der Waals surface area contributed by atoms with Gasteiger partial charge in [-0.3, -0.25) is 0 Å². The third-order valence-electron chi connectivity index (χ3n) is 2.20. The lowest BCUT2D eigenvalue weighted by molar-refractivity contribution is 0.402. The second-order valence-corrected chi connectivity index (χ2v) is 4.75. The molecule has 2 N–H and O–H groups in total. The lowest BCUT2D eigenvalue weighted by Gasteiger charge is -2.10. The summed E-state index contributed by atoms with van der Waals surface area (Å²) in [6.07, 6.45) is 3.81. The number of H-pyrrole nitrogens is 1. The Hall–Kier alpha value is -1.78. The molecule has 0 aliphatic carbocycles. The van der Waals surface area contributed by atoms with Gasteiger partial charge in [-0.05, 0) is 11.6 Å². The first-order valence-electron chi connectivity index (χ1n) is 5.25. The average Bonchev–Trinajstić information content (AvgIpc) is 2.85. The maximum atomic E-state index is 5.11. The molecule has 5 heteroatoms. The molecule has 0 aromatic carbocycles. The monoisotopic (exact) mass is 220 g/mol. The predicted molar refractivity (Wildman–Crippen MR) is 61.1 cm³/mol. The molecule has 2 aromatic rings. The summed E-state index contributed by atoms with van der Waals surface area (Å²) >= 11 is 0. The van der Waals surface area contributed by atoms with Gasteiger partial charge in [-0.1, -0.05) is 25.9 Å². The minimum absolute atomic E-state index is 0.0858. The Morgan fingerprint density at radius 3 is 2.81 bits per heavy atom. The highest BCUT2D eigenvalue weighted by Gasteiger charge is 2.20. The number of nitrogens with zero attached hydrogens (tertiary/aromatic N) is 2. The Bertz CT molecular complexity index is 439. The molecule has 0 saturated carbocycles. The van der Waals surface area contributed by atoms with Crippen LogP contribution in [0.3, 0.4) is 0 Å². The maximum Gasteiger partial charge on any atom is 0.321 e. The van der Waals surface area contributed by atoms with Crippen molar-refractivity contribution in [1.82, 2.24) is 15.1 Å². The second kappa shape index (κ2) is 4.00. The van der Waals surface area contributed by atoms with Gasteiger partial charge in [0.2, 0.25) is 0 Å². The van der Waals surface area contributed by atoms with Crippen LogP contribution in [0.4, 0.5) is 6.01 Å². The Kier molecular flexibility index (Phi) is 2.68. The first-order valence-corrected chi connectivity index (χ1v) is 5.25. The molecule has 0 bridgehead atoms. The third kappa shape index (κ3) is 2.42. The highest BCUT2D eigenvalue weighted by atomic mass is 16.5. The van der Waals surface area contributed by atoms with Crippen LogP contribution in [0.2, 0.25) is 0 Å². The van der Waals surface area contributed by atoms with E-state index in [2.05, 4.69) is 20.4 Å². The van der Waals surface area contributed by atoms with Crippen LogP contribution in [0.25, 0.3) is 0 Å². The first-order chi connectivity index (χ1) is 7.55. The van der Waals surface area contributed by atoms with Crippen LogP contribution >= 0.6 is 0 Å². The van der Waals surface area contributed by atoms with E-state index >= 15 is 0 Å². The van der Waals surface area contributed by atoms with E-state index < -0.39 is 0 Å². The summed E-state index contributed by atoms with van der Waals surface area (Å²) < 4.78 is 5.11. The van der Waals surface area contributed by atoms with Crippen molar-refractivity contribution in [3.8, 4) is 0 Å². The number of aromatic nitrogens is 3. The van der Waals surface area contributed by atoms with Crippen molar-refractivity contribution in [3.05, 3.63) is 29.8 Å². The SMILES string of the molecule is CC(C)(C)c1noc(NCc2cc[nH]c2)n1. The average molecular weight is 220 g/mol. The lowest BCUT2D eigenvalue weighted by atomic mass is 9.96. The summed E-state index contributed by atoms with van der Waals surface area (Å²) in [5.74, 6) is 0.712. The van der Waals surface area contributed by atoms with E-state index in [1.807, 2.05) is 39.2 Å². The van der Waals surface area contributed by atoms with Crippen LogP contribution in [0, 0.1) is 0 Å². The maximum absolute atomic E-state index is 5.11. The highest BCUT2D eigenvalue weighted by molar-refractivity contribution is 5.23. The minimum atomic E-state index is -0.0858. The van der Waals surface area contributed by atoms with Gasteiger partial charge in [0.15, 0.2) is 5.82 Å². The molecule has 86 valence electrons. The highest BCUT2D eigenvalue weighted by Crippen LogP contribution is 2.20. The molecule has 16 heavy (non-hydrogen) atoms. The molecule has 0 amide bonds. The molecule has 0 saturated heterocycles. The third-order valence-corrected chi connectivity index (χ3v) is 2.20. The molecular weight excluding hydrogens is 204 g/mol. The van der Waals surface area contributed by atoms with Gasteiger partial charge in [-0.25, -0.2) is 0 Å². The van der Waals surface area contributed by atoms with E-state index in [0.29, 0.717) is 18.4 Å². The second-order valence-electron chi connectivity index (χ2n) is 4.75. The Balaban J connectivity index is 1.98. The summed E-state index contributed by atoms with van der Waals surface area (Å²) in [6, 6.07) is 2.46. The molecule has 0 radical (unpaired) electrons. The van der Waals surface area contributed by atoms with Gasteiger partial charge in [0.25, 0.3) is 0 Å². The standard InChI is InChI=1S/C11H16N4O/c1-11(2,3)9-14-10(16-15-9)13-7-8-4-5-12-6-8/h4-6,12H,7H2,1-3H3,(H,13,14,15). The van der Waals surface area contributed by atoms with Gasteiger partial charge >= 0.3 is 6.01 Å². The van der Waals surface area contributed by atoms with Crippen molar-refractivity contribution >= 4 is 6.01 Å². The van der Waals surface area contributed by atoms with Crippen molar-refractivity contribution in [1.29, 1.82) is 0 Å². The van der Waals surface area contributed by atoms with E-state index in [0.717, 1.165) is 5.56 Å². The normalized spacial score (nSPS) is 11.7. The number of rotatable bonds is 3. The van der Waals surface area contributed by atoms with Crippen molar-refractivity contribution in [2.45, 2.75) is 32.7 Å². The molecule has 2 rings (SSSR count). The number of aromatic amines is 1. The van der Waals surface area contributed by atoms with Crippen molar-refractivity contribution in [2.24, 2.45) is 0 Å². The van der Waals surface area contributed by atoms with Crippen molar-refractivity contribution in [2.75, 3.05) is 5.32 Å². The molecule has 2 heterocycles.